The highest BCUT2D eigenvalue weighted by molar-refractivity contribution is 14.1. The molecule has 3 aromatic rings. The number of nitrogens with zero attached hydrogens (tertiary/aromatic N) is 1. The normalized spacial score (nSPS) is 18.3. The quantitative estimate of drug-likeness (QED) is 0.225. The third-order valence-corrected chi connectivity index (χ3v) is 8.33. The van der Waals surface area contributed by atoms with Crippen molar-refractivity contribution in [2.75, 3.05) is 19.6 Å². The number of halogens is 2. The molecule has 1 saturated heterocycles. The molecule has 0 aromatic heterocycles. The topological polar surface area (TPSA) is 87.5 Å². The smallest absolute Gasteiger partial charge is 0.251 e. The molecule has 0 unspecified atom stereocenters. The summed E-state index contributed by atoms with van der Waals surface area (Å²) in [5, 5.41) is 8.69. The molecule has 190 valence electrons. The number of nitrogens with two attached hydrogens (primary N) is 1. The van der Waals surface area contributed by atoms with E-state index in [0.717, 1.165) is 26.0 Å². The van der Waals surface area contributed by atoms with Crippen molar-refractivity contribution in [1.29, 1.82) is 0 Å². The zero-order chi connectivity index (χ0) is 25.5. The predicted octanol–water partition coefficient (Wildman–Crippen LogP) is 4.55. The molecule has 1 aliphatic heterocycles. The van der Waals surface area contributed by atoms with Gasteiger partial charge in [-0.2, -0.15) is 0 Å². The van der Waals surface area contributed by atoms with Gasteiger partial charge in [-0.15, -0.1) is 0 Å². The van der Waals surface area contributed by atoms with E-state index in [1.807, 2.05) is 47.4 Å². The Morgan fingerprint density at radius 2 is 1.69 bits per heavy atom. The largest absolute Gasteiger partial charge is 0.350 e. The summed E-state index contributed by atoms with van der Waals surface area (Å²) in [6, 6.07) is 20.0. The number of alkyl halides is 2. The Morgan fingerprint density at radius 1 is 1.00 bits per heavy atom. The standard InChI is InChI=1S/C28H32I2N4O2/c29-15-19-11-20(16-30)13-21(12-19)18-34-10-8-25(33-26(7-9-31)28(34)36)17-32-27(35)24-6-5-22-3-1-2-4-23(22)14-24/h1-6,11-14,25-26,33H,7-10,15-18,31H2,(H,32,35)/t25-,26-/m0/s1. The molecule has 1 heterocycles. The van der Waals surface area contributed by atoms with Crippen molar-refractivity contribution in [2.24, 2.45) is 5.73 Å². The molecule has 0 bridgehead atoms. The fourth-order valence-corrected chi connectivity index (χ4v) is 5.61. The van der Waals surface area contributed by atoms with Crippen LogP contribution >= 0.6 is 45.2 Å². The van der Waals surface area contributed by atoms with Crippen molar-refractivity contribution in [3.05, 3.63) is 82.9 Å². The lowest BCUT2D eigenvalue weighted by Gasteiger charge is -2.25. The van der Waals surface area contributed by atoms with Crippen LogP contribution in [0, 0.1) is 0 Å². The van der Waals surface area contributed by atoms with Crippen molar-refractivity contribution < 1.29 is 9.59 Å². The predicted molar refractivity (Wildman–Crippen MR) is 163 cm³/mol. The van der Waals surface area contributed by atoms with E-state index in [2.05, 4.69) is 74.0 Å². The molecule has 1 aliphatic rings. The highest BCUT2D eigenvalue weighted by Crippen LogP contribution is 2.20. The summed E-state index contributed by atoms with van der Waals surface area (Å²) in [5.74, 6) is -0.0213. The zero-order valence-electron chi connectivity index (χ0n) is 20.2. The lowest BCUT2D eigenvalue weighted by molar-refractivity contribution is -0.133. The molecule has 3 aromatic carbocycles. The highest BCUT2D eigenvalue weighted by atomic mass is 127. The van der Waals surface area contributed by atoms with Crippen LogP contribution in [0.3, 0.4) is 0 Å². The number of nitrogens with one attached hydrogen (secondary N) is 2. The Labute approximate surface area is 240 Å². The first-order valence-electron chi connectivity index (χ1n) is 12.3. The van der Waals surface area contributed by atoms with Gasteiger partial charge in [0, 0.05) is 40.1 Å². The molecule has 1 fully saturated rings. The maximum absolute atomic E-state index is 13.4. The van der Waals surface area contributed by atoms with E-state index in [4.69, 9.17) is 5.73 Å². The van der Waals surface area contributed by atoms with Crippen LogP contribution in [0.2, 0.25) is 0 Å². The lowest BCUT2D eigenvalue weighted by Crippen LogP contribution is -2.49. The number of carbonyl (C=O) groups is 2. The van der Waals surface area contributed by atoms with Gasteiger partial charge in [0.15, 0.2) is 0 Å². The second-order valence-corrected chi connectivity index (χ2v) is 10.8. The molecule has 2 amide bonds. The molecule has 4 N–H and O–H groups in total. The van der Waals surface area contributed by atoms with Crippen molar-refractivity contribution in [3.8, 4) is 0 Å². The van der Waals surface area contributed by atoms with E-state index in [0.29, 0.717) is 38.2 Å². The van der Waals surface area contributed by atoms with E-state index in [9.17, 15) is 9.59 Å². The van der Waals surface area contributed by atoms with Crippen LogP contribution in [0.4, 0.5) is 0 Å². The third kappa shape index (κ3) is 6.96. The van der Waals surface area contributed by atoms with Crippen LogP contribution in [0.25, 0.3) is 10.8 Å². The SMILES string of the molecule is NCC[C@@H]1N[C@H](CNC(=O)c2ccc3ccccc3c2)CCN(Cc2cc(CI)cc(CI)c2)C1=O. The number of amides is 2. The van der Waals surface area contributed by atoms with Gasteiger partial charge in [0.05, 0.1) is 6.04 Å². The number of benzene rings is 3. The molecule has 0 saturated carbocycles. The molecule has 0 aliphatic carbocycles. The van der Waals surface area contributed by atoms with E-state index in [1.54, 1.807) is 0 Å². The highest BCUT2D eigenvalue weighted by Gasteiger charge is 2.30. The minimum Gasteiger partial charge on any atom is -0.350 e. The number of hydrogen-bond donors (Lipinski definition) is 3. The van der Waals surface area contributed by atoms with Crippen LogP contribution < -0.4 is 16.4 Å². The van der Waals surface area contributed by atoms with E-state index in [1.165, 1.54) is 16.7 Å². The molecule has 6 nitrogen and oxygen atoms in total. The van der Waals surface area contributed by atoms with Crippen LogP contribution in [0.15, 0.2) is 60.7 Å². The molecule has 36 heavy (non-hydrogen) atoms. The van der Waals surface area contributed by atoms with E-state index < -0.39 is 0 Å². The van der Waals surface area contributed by atoms with Gasteiger partial charge in [0.2, 0.25) is 5.91 Å². The molecule has 4 rings (SSSR count). The minimum absolute atomic E-state index is 0.00880. The maximum atomic E-state index is 13.4. The summed E-state index contributed by atoms with van der Waals surface area (Å²) < 4.78 is 1.89. The minimum atomic E-state index is -0.350. The van der Waals surface area contributed by atoms with Gasteiger partial charge in [0.25, 0.3) is 5.91 Å². The van der Waals surface area contributed by atoms with Gasteiger partial charge in [-0.1, -0.05) is 93.7 Å². The van der Waals surface area contributed by atoms with Crippen molar-refractivity contribution in [2.45, 2.75) is 40.3 Å². The molecule has 2 atom stereocenters. The fraction of sp³-hybridized carbons (Fsp3) is 0.357. The summed E-state index contributed by atoms with van der Waals surface area (Å²) in [4.78, 5) is 28.2. The van der Waals surface area contributed by atoms with Gasteiger partial charge >= 0.3 is 0 Å². The Balaban J connectivity index is 1.43. The summed E-state index contributed by atoms with van der Waals surface area (Å²) in [7, 11) is 0. The monoisotopic (exact) mass is 710 g/mol. The van der Waals surface area contributed by atoms with Gasteiger partial charge in [-0.25, -0.2) is 0 Å². The van der Waals surface area contributed by atoms with Gasteiger partial charge < -0.3 is 21.3 Å². The molecular formula is C28H32I2N4O2. The van der Waals surface area contributed by atoms with E-state index in [-0.39, 0.29) is 23.9 Å². The van der Waals surface area contributed by atoms with Crippen LogP contribution in [0.5, 0.6) is 0 Å². The Morgan fingerprint density at radius 3 is 2.39 bits per heavy atom. The van der Waals surface area contributed by atoms with Crippen LogP contribution in [-0.4, -0.2) is 48.4 Å². The van der Waals surface area contributed by atoms with Crippen LogP contribution in [0.1, 0.15) is 39.9 Å². The molecular weight excluding hydrogens is 678 g/mol. The summed E-state index contributed by atoms with van der Waals surface area (Å²) in [5.41, 5.74) is 10.2. The number of carbonyl (C=O) groups excluding carboxylic acids is 2. The molecule has 0 spiro atoms. The van der Waals surface area contributed by atoms with Crippen LogP contribution in [-0.2, 0) is 20.2 Å². The maximum Gasteiger partial charge on any atom is 0.251 e. The van der Waals surface area contributed by atoms with Gasteiger partial charge in [-0.3, -0.25) is 9.59 Å². The number of hydrogen-bond acceptors (Lipinski definition) is 4. The Kier molecular flexibility index (Phi) is 9.97. The Bertz CT molecular complexity index is 1200. The fourth-order valence-electron chi connectivity index (χ4n) is 4.73. The first-order valence-corrected chi connectivity index (χ1v) is 15.3. The van der Waals surface area contributed by atoms with Crippen molar-refractivity contribution in [3.63, 3.8) is 0 Å². The average Bonchev–Trinajstić information content (AvgIpc) is 3.05. The first kappa shape index (κ1) is 27.3. The van der Waals surface area contributed by atoms with Gasteiger partial charge in [0.1, 0.15) is 0 Å². The molecule has 0 radical (unpaired) electrons. The number of rotatable bonds is 9. The lowest BCUT2D eigenvalue weighted by atomic mass is 10.1. The first-order chi connectivity index (χ1) is 17.5. The second kappa shape index (κ2) is 13.2. The Hall–Kier alpha value is -1.76. The van der Waals surface area contributed by atoms with Crippen molar-refractivity contribution >= 4 is 67.8 Å². The third-order valence-electron chi connectivity index (χ3n) is 6.56. The zero-order valence-corrected chi connectivity index (χ0v) is 24.5. The second-order valence-electron chi connectivity index (χ2n) is 9.24. The van der Waals surface area contributed by atoms with Crippen molar-refractivity contribution in [1.82, 2.24) is 15.5 Å². The molecule has 8 heteroatoms. The number of fused-ring (bicyclic) bond motifs is 1. The summed E-state index contributed by atoms with van der Waals surface area (Å²) >= 11 is 4.76. The summed E-state index contributed by atoms with van der Waals surface area (Å²) in [6.07, 6.45) is 1.33. The van der Waals surface area contributed by atoms with Gasteiger partial charge in [-0.05, 0) is 59.0 Å². The van der Waals surface area contributed by atoms with E-state index >= 15 is 0 Å². The summed E-state index contributed by atoms with van der Waals surface area (Å²) in [6.45, 7) is 2.11. The average molecular weight is 710 g/mol.